The molecule has 1 aliphatic heterocycles. The second-order valence-electron chi connectivity index (χ2n) is 7.46. The lowest BCUT2D eigenvalue weighted by atomic mass is 10.0. The van der Waals surface area contributed by atoms with Gasteiger partial charge >= 0.3 is 0 Å². The maximum atomic E-state index is 6.38. The van der Waals surface area contributed by atoms with Crippen LogP contribution in [0.25, 0.3) is 0 Å². The highest BCUT2D eigenvalue weighted by Gasteiger charge is 2.41. The molecule has 2 unspecified atom stereocenters. The minimum absolute atomic E-state index is 0.119. The standard InChI is InChI=1S/C23H24Cl2N2O3/c24-20-5-1-18(2-6-20)9-10-23(16-27-12-11-26-17-27)29-15-22(30-23)14-28-13-19-3-7-21(25)8-4-19/h1-8,11-12,17,22H,9-10,13-16H2. The SMILES string of the molecule is Clc1ccc(CCC2(Cn3ccnc3)OCC(COCc3ccc(Cl)cc3)O2)cc1. The zero-order valence-corrected chi connectivity index (χ0v) is 18.1. The molecule has 0 aliphatic carbocycles. The summed E-state index contributed by atoms with van der Waals surface area (Å²) in [4.78, 5) is 4.13. The van der Waals surface area contributed by atoms with E-state index in [0.29, 0.717) is 26.4 Å². The second kappa shape index (κ2) is 9.94. The largest absolute Gasteiger partial charge is 0.374 e. The Hall–Kier alpha value is -1.89. The fraction of sp³-hybridized carbons (Fsp3) is 0.348. The summed E-state index contributed by atoms with van der Waals surface area (Å²) < 4.78 is 20.4. The van der Waals surface area contributed by atoms with Crippen molar-refractivity contribution >= 4 is 23.2 Å². The molecule has 1 aromatic heterocycles. The molecule has 0 spiro atoms. The molecule has 0 N–H and O–H groups in total. The minimum Gasteiger partial charge on any atom is -0.374 e. The first kappa shape index (κ1) is 21.3. The van der Waals surface area contributed by atoms with Crippen molar-refractivity contribution in [2.24, 2.45) is 0 Å². The lowest BCUT2D eigenvalue weighted by molar-refractivity contribution is -0.187. The monoisotopic (exact) mass is 446 g/mol. The topological polar surface area (TPSA) is 45.5 Å². The highest BCUT2D eigenvalue weighted by Crippen LogP contribution is 2.31. The molecule has 1 aliphatic rings. The van der Waals surface area contributed by atoms with Crippen molar-refractivity contribution in [1.82, 2.24) is 9.55 Å². The summed E-state index contributed by atoms with van der Waals surface area (Å²) in [5, 5.41) is 1.45. The third-order valence-electron chi connectivity index (χ3n) is 5.09. The number of halogens is 2. The Kier molecular flexibility index (Phi) is 7.08. The number of benzene rings is 2. The van der Waals surface area contributed by atoms with E-state index in [1.807, 2.05) is 59.3 Å². The van der Waals surface area contributed by atoms with Crippen molar-refractivity contribution in [3.8, 4) is 0 Å². The van der Waals surface area contributed by atoms with Crippen LogP contribution in [-0.4, -0.2) is 34.7 Å². The van der Waals surface area contributed by atoms with Gasteiger partial charge in [0.2, 0.25) is 0 Å². The first-order valence-corrected chi connectivity index (χ1v) is 10.7. The second-order valence-corrected chi connectivity index (χ2v) is 8.34. The third kappa shape index (κ3) is 5.84. The minimum atomic E-state index is -0.714. The summed E-state index contributed by atoms with van der Waals surface area (Å²) >= 11 is 11.9. The number of nitrogens with zero attached hydrogens (tertiary/aromatic N) is 2. The molecule has 30 heavy (non-hydrogen) atoms. The number of hydrogen-bond acceptors (Lipinski definition) is 4. The summed E-state index contributed by atoms with van der Waals surface area (Å²) in [5.74, 6) is -0.714. The highest BCUT2D eigenvalue weighted by atomic mass is 35.5. The molecular formula is C23H24Cl2N2O3. The number of rotatable bonds is 9. The Labute approximate surface area is 186 Å². The molecular weight excluding hydrogens is 423 g/mol. The molecule has 4 rings (SSSR count). The number of aromatic nitrogens is 2. The molecule has 2 atom stereocenters. The van der Waals surface area contributed by atoms with Gasteiger partial charge in [0, 0.05) is 28.9 Å². The molecule has 7 heteroatoms. The van der Waals surface area contributed by atoms with Crippen molar-refractivity contribution in [1.29, 1.82) is 0 Å². The van der Waals surface area contributed by atoms with E-state index in [0.717, 1.165) is 28.5 Å². The fourth-order valence-corrected chi connectivity index (χ4v) is 3.78. The average molecular weight is 447 g/mol. The smallest absolute Gasteiger partial charge is 0.187 e. The van der Waals surface area contributed by atoms with E-state index in [2.05, 4.69) is 4.98 Å². The van der Waals surface area contributed by atoms with E-state index >= 15 is 0 Å². The number of hydrogen-bond donors (Lipinski definition) is 0. The van der Waals surface area contributed by atoms with Crippen LogP contribution in [-0.2, 0) is 33.8 Å². The molecule has 2 aromatic carbocycles. The average Bonchev–Trinajstić information content (AvgIpc) is 3.40. The molecule has 0 bridgehead atoms. The van der Waals surface area contributed by atoms with Crippen LogP contribution in [0.2, 0.25) is 10.0 Å². The van der Waals surface area contributed by atoms with E-state index in [1.54, 1.807) is 12.5 Å². The third-order valence-corrected chi connectivity index (χ3v) is 5.59. The van der Waals surface area contributed by atoms with Gasteiger partial charge in [0.05, 0.1) is 32.7 Å². The fourth-order valence-electron chi connectivity index (χ4n) is 3.52. The molecule has 158 valence electrons. The van der Waals surface area contributed by atoms with Gasteiger partial charge in [-0.2, -0.15) is 0 Å². The van der Waals surface area contributed by atoms with Gasteiger partial charge in [-0.05, 0) is 41.8 Å². The molecule has 0 amide bonds. The number of aryl methyl sites for hydroxylation is 1. The molecule has 0 radical (unpaired) electrons. The normalized spacial score (nSPS) is 21.2. The van der Waals surface area contributed by atoms with Crippen molar-refractivity contribution in [3.63, 3.8) is 0 Å². The molecule has 1 fully saturated rings. The number of imidazole rings is 1. The van der Waals surface area contributed by atoms with Gasteiger partial charge in [-0.25, -0.2) is 4.98 Å². The highest BCUT2D eigenvalue weighted by molar-refractivity contribution is 6.30. The Morgan fingerprint density at radius 2 is 1.73 bits per heavy atom. The van der Waals surface area contributed by atoms with Crippen molar-refractivity contribution in [3.05, 3.63) is 88.4 Å². The summed E-state index contributed by atoms with van der Waals surface area (Å²) in [6, 6.07) is 15.5. The van der Waals surface area contributed by atoms with E-state index in [1.165, 1.54) is 5.56 Å². The Morgan fingerprint density at radius 3 is 2.40 bits per heavy atom. The van der Waals surface area contributed by atoms with E-state index in [9.17, 15) is 0 Å². The van der Waals surface area contributed by atoms with E-state index in [4.69, 9.17) is 37.4 Å². The molecule has 1 saturated heterocycles. The number of ether oxygens (including phenoxy) is 3. The van der Waals surface area contributed by atoms with Crippen LogP contribution in [0, 0.1) is 0 Å². The van der Waals surface area contributed by atoms with Gasteiger partial charge in [0.25, 0.3) is 0 Å². The predicted octanol–water partition coefficient (Wildman–Crippen LogP) is 5.15. The van der Waals surface area contributed by atoms with E-state index < -0.39 is 5.79 Å². The van der Waals surface area contributed by atoms with Crippen LogP contribution in [0.1, 0.15) is 17.5 Å². The molecule has 3 aromatic rings. The predicted molar refractivity (Wildman–Crippen MR) is 117 cm³/mol. The van der Waals surface area contributed by atoms with Crippen LogP contribution in [0.3, 0.4) is 0 Å². The van der Waals surface area contributed by atoms with Crippen LogP contribution in [0.15, 0.2) is 67.3 Å². The first-order chi connectivity index (χ1) is 14.6. The Morgan fingerprint density at radius 1 is 1.03 bits per heavy atom. The summed E-state index contributed by atoms with van der Waals surface area (Å²) in [6.45, 7) is 2.05. The van der Waals surface area contributed by atoms with Gasteiger partial charge in [-0.3, -0.25) is 0 Å². The Balaban J connectivity index is 1.35. The zero-order chi connectivity index (χ0) is 20.8. The first-order valence-electron chi connectivity index (χ1n) is 9.94. The van der Waals surface area contributed by atoms with Crippen LogP contribution >= 0.6 is 23.2 Å². The van der Waals surface area contributed by atoms with Gasteiger partial charge < -0.3 is 18.8 Å². The lowest BCUT2D eigenvalue weighted by Crippen LogP contribution is -2.37. The van der Waals surface area contributed by atoms with E-state index in [-0.39, 0.29) is 6.10 Å². The maximum Gasteiger partial charge on any atom is 0.187 e. The molecule has 0 saturated carbocycles. The molecule has 2 heterocycles. The van der Waals surface area contributed by atoms with Gasteiger partial charge in [-0.15, -0.1) is 0 Å². The summed E-state index contributed by atoms with van der Waals surface area (Å²) in [7, 11) is 0. The lowest BCUT2D eigenvalue weighted by Gasteiger charge is -2.28. The Bertz CT molecular complexity index is 917. The van der Waals surface area contributed by atoms with Crippen molar-refractivity contribution in [2.75, 3.05) is 13.2 Å². The van der Waals surface area contributed by atoms with Gasteiger partial charge in [0.1, 0.15) is 6.10 Å². The van der Waals surface area contributed by atoms with Gasteiger partial charge in [-0.1, -0.05) is 47.5 Å². The summed E-state index contributed by atoms with van der Waals surface area (Å²) in [6.07, 6.45) is 6.88. The van der Waals surface area contributed by atoms with Crippen LogP contribution in [0.4, 0.5) is 0 Å². The van der Waals surface area contributed by atoms with Crippen molar-refractivity contribution in [2.45, 2.75) is 37.9 Å². The zero-order valence-electron chi connectivity index (χ0n) is 16.5. The van der Waals surface area contributed by atoms with Crippen molar-refractivity contribution < 1.29 is 14.2 Å². The quantitative estimate of drug-likeness (QED) is 0.455. The molecule has 5 nitrogen and oxygen atoms in total. The summed E-state index contributed by atoms with van der Waals surface area (Å²) in [5.41, 5.74) is 2.27. The van der Waals surface area contributed by atoms with Crippen LogP contribution in [0.5, 0.6) is 0 Å². The maximum absolute atomic E-state index is 6.38. The van der Waals surface area contributed by atoms with Crippen LogP contribution < -0.4 is 0 Å². The van der Waals surface area contributed by atoms with Gasteiger partial charge in [0.15, 0.2) is 5.79 Å².